The highest BCUT2D eigenvalue weighted by Crippen LogP contribution is 2.50. The molecule has 0 aliphatic heterocycles. The van der Waals surface area contributed by atoms with E-state index in [-0.39, 0.29) is 68.0 Å². The zero-order valence-electron chi connectivity index (χ0n) is 70.8. The fourth-order valence-corrected chi connectivity index (χ4v) is 17.4. The predicted octanol–water partition coefficient (Wildman–Crippen LogP) is 32.7. The molecule has 19 rings (SSSR count). The first-order valence-corrected chi connectivity index (χ1v) is 40.6. The second-order valence-corrected chi connectivity index (χ2v) is 38.4. The van der Waals surface area contributed by atoms with Gasteiger partial charge in [0.2, 0.25) is 0 Å². The number of fused-ring (bicyclic) bond motifs is 23. The molecule has 18 aromatic rings. The average molecular weight is 1550 g/mol. The van der Waals surface area contributed by atoms with Crippen molar-refractivity contribution in [3.05, 3.63) is 306 Å². The Morgan fingerprint density at radius 2 is 0.475 bits per heavy atom. The lowest BCUT2D eigenvalue weighted by atomic mass is 9.78. The van der Waals surface area contributed by atoms with Gasteiger partial charge in [-0.15, -0.1) is 6.42 Å². The Balaban J connectivity index is 0.000000145. The van der Waals surface area contributed by atoms with Gasteiger partial charge in [-0.3, -0.25) is 0 Å². The lowest BCUT2D eigenvalue weighted by Gasteiger charge is -2.26. The number of para-hydroxylation sites is 4. The SMILES string of the molecule is C.C.C.C.C#Cc1ccc2c(c1)c1cc(C#N)ccc1n2C(C)(C)C.CC(C)(C)c1cc2c3ccccc3n3c4ccccc4c(c1)c23.CC(C)(C)c1ccc2c(c1)-c1ccccc1-c1ccccc1-c1ccccc1-2.CC(C)(C)c1ccc2c(c1)c1cc(C(C)(C)C)ccc1n2C(C)(C)C.CC(C)(C)n1c2ccccc2c2ccccc21. The van der Waals surface area contributed by atoms with E-state index in [2.05, 4.69) is 418 Å². The van der Waals surface area contributed by atoms with Crippen LogP contribution in [0.15, 0.2) is 273 Å². The van der Waals surface area contributed by atoms with E-state index in [1.807, 2.05) is 30.3 Å². The number of terminal acetylenes is 1. The smallest absolute Gasteiger partial charge is 0.0991 e. The van der Waals surface area contributed by atoms with Crippen molar-refractivity contribution in [2.24, 2.45) is 0 Å². The van der Waals surface area contributed by atoms with Gasteiger partial charge in [-0.2, -0.15) is 5.26 Å². The fraction of sp³-hybridized carbons (Fsp3) is 0.283. The molecule has 1 aliphatic carbocycles. The highest BCUT2D eigenvalue weighted by Gasteiger charge is 2.29. The van der Waals surface area contributed by atoms with Gasteiger partial charge in [-0.25, -0.2) is 0 Å². The predicted molar refractivity (Wildman–Crippen MR) is 521 cm³/mol. The van der Waals surface area contributed by atoms with Gasteiger partial charge in [0.05, 0.1) is 28.2 Å². The minimum Gasteiger partial charge on any atom is -0.335 e. The molecule has 602 valence electrons. The summed E-state index contributed by atoms with van der Waals surface area (Å²) in [6, 6.07) is 101. The molecular weight excluding hydrogens is 1430 g/mol. The minimum absolute atomic E-state index is 0. The van der Waals surface area contributed by atoms with Crippen molar-refractivity contribution in [1.29, 1.82) is 5.26 Å². The molecule has 0 atom stereocenters. The van der Waals surface area contributed by atoms with Crippen LogP contribution in [-0.2, 0) is 38.3 Å². The minimum atomic E-state index is -0.0498. The van der Waals surface area contributed by atoms with Crippen LogP contribution >= 0.6 is 0 Å². The Bertz CT molecular complexity index is 6560. The Hall–Kier alpha value is -11.9. The number of nitrogens with zero attached hydrogens (tertiary/aromatic N) is 5. The standard InChI is InChI=1S/C28H24.C24H33N.C22H19N.C19H16N2.C16H17N.4CH4/c1-28(2,3)19-16-17-26-24-14-7-6-12-22(24)20-10-4-5-11-21(20)23-13-8-9-15-25(23)27(26)18-19;1-22(2,3)16-10-12-20-18(14-16)19-15-17(23(4,5)6)11-13-21(19)25(20)24(7,8)9;1-22(2,3)14-12-17-15-8-4-6-10-19(15)23-20-11-7-5-9-16(20)18(13-14)21(17)23;1-5-13-6-8-17-15(10-13)16-11-14(12-20)7-9-18(16)21(17)19(2,3)4;1-16(2,3)17-14-10-6-4-8-12(14)13-9-5-7-11-15(13)17;;;;/h4-18H,1-3H3;10-15H,1-9H3;4-13H,1-3H3;1,6-11H,2-4H3;4-11H,1-3H3;4*1H4. The molecular formula is C113H125N5. The molecule has 0 bridgehead atoms. The van der Waals surface area contributed by atoms with Crippen LogP contribution in [0.3, 0.4) is 0 Å². The van der Waals surface area contributed by atoms with Crippen LogP contribution in [0.2, 0.25) is 0 Å². The van der Waals surface area contributed by atoms with Crippen LogP contribution in [0.4, 0.5) is 0 Å². The normalized spacial score (nSPS) is 12.2. The van der Waals surface area contributed by atoms with Crippen LogP contribution in [0.25, 0.3) is 148 Å². The fourth-order valence-electron chi connectivity index (χ4n) is 17.4. The van der Waals surface area contributed by atoms with Crippen molar-refractivity contribution in [3.8, 4) is 62.9 Å². The van der Waals surface area contributed by atoms with Gasteiger partial charge in [0, 0.05) is 109 Å². The van der Waals surface area contributed by atoms with Crippen molar-refractivity contribution >= 4 is 104 Å². The molecule has 0 saturated heterocycles. The summed E-state index contributed by atoms with van der Waals surface area (Å²) in [5.74, 6) is 2.69. The first-order chi connectivity index (χ1) is 53.9. The topological polar surface area (TPSA) is 43.0 Å². The molecule has 5 heteroatoms. The Morgan fingerprint density at radius 1 is 0.229 bits per heavy atom. The number of aromatic nitrogens is 4. The summed E-state index contributed by atoms with van der Waals surface area (Å²) in [4.78, 5) is 0. The molecule has 5 heterocycles. The Labute approximate surface area is 705 Å². The molecule has 5 nitrogen and oxygen atoms in total. The molecule has 5 aromatic heterocycles. The van der Waals surface area contributed by atoms with Gasteiger partial charge in [0.25, 0.3) is 0 Å². The highest BCUT2D eigenvalue weighted by molar-refractivity contribution is 6.24. The molecule has 0 radical (unpaired) electrons. The molecule has 0 spiro atoms. The summed E-state index contributed by atoms with van der Waals surface area (Å²) in [5.41, 5.74) is 29.8. The highest BCUT2D eigenvalue weighted by atomic mass is 15.1. The average Bonchev–Trinajstić information content (AvgIpc) is 1.54. The molecule has 0 saturated carbocycles. The van der Waals surface area contributed by atoms with Crippen molar-refractivity contribution in [2.75, 3.05) is 0 Å². The number of hydrogen-bond acceptors (Lipinski definition) is 1. The van der Waals surface area contributed by atoms with E-state index in [9.17, 15) is 0 Å². The lowest BCUT2D eigenvalue weighted by Crippen LogP contribution is -2.21. The molecule has 0 fully saturated rings. The second kappa shape index (κ2) is 32.2. The van der Waals surface area contributed by atoms with Crippen LogP contribution < -0.4 is 0 Å². The zero-order valence-corrected chi connectivity index (χ0v) is 70.8. The largest absolute Gasteiger partial charge is 0.335 e. The van der Waals surface area contributed by atoms with E-state index >= 15 is 0 Å². The monoisotopic (exact) mass is 1550 g/mol. The van der Waals surface area contributed by atoms with E-state index in [1.165, 1.54) is 148 Å². The van der Waals surface area contributed by atoms with Gasteiger partial charge in [-0.05, 0) is 254 Å². The first-order valence-electron chi connectivity index (χ1n) is 40.6. The summed E-state index contributed by atoms with van der Waals surface area (Å²) in [5, 5.41) is 22.2. The van der Waals surface area contributed by atoms with E-state index in [1.54, 1.807) is 0 Å². The van der Waals surface area contributed by atoms with Gasteiger partial charge in [0.15, 0.2) is 0 Å². The number of benzene rings is 13. The van der Waals surface area contributed by atoms with Crippen molar-refractivity contribution in [1.82, 2.24) is 18.1 Å². The number of nitriles is 1. The van der Waals surface area contributed by atoms with E-state index in [0.29, 0.717) is 5.56 Å². The van der Waals surface area contributed by atoms with Crippen molar-refractivity contribution < 1.29 is 0 Å². The summed E-state index contributed by atoms with van der Waals surface area (Å²) >= 11 is 0. The number of hydrogen-bond donors (Lipinski definition) is 0. The maximum Gasteiger partial charge on any atom is 0.0991 e. The van der Waals surface area contributed by atoms with Gasteiger partial charge >= 0.3 is 0 Å². The summed E-state index contributed by atoms with van der Waals surface area (Å²) in [7, 11) is 0. The first kappa shape index (κ1) is 87.0. The Kier molecular flexibility index (Phi) is 23.7. The van der Waals surface area contributed by atoms with E-state index in [0.717, 1.165) is 27.4 Å². The summed E-state index contributed by atoms with van der Waals surface area (Å²) < 4.78 is 9.66. The lowest BCUT2D eigenvalue weighted by molar-refractivity contribution is 0.423. The molecule has 1 aliphatic rings. The molecule has 13 aromatic carbocycles. The summed E-state index contributed by atoms with van der Waals surface area (Å²) in [6.45, 7) is 47.7. The zero-order chi connectivity index (χ0) is 81.1. The quantitative estimate of drug-likeness (QED) is 0.140. The van der Waals surface area contributed by atoms with Crippen molar-refractivity contribution in [3.63, 3.8) is 0 Å². The van der Waals surface area contributed by atoms with Crippen LogP contribution in [0, 0.1) is 23.7 Å². The van der Waals surface area contributed by atoms with Crippen molar-refractivity contribution in [2.45, 2.75) is 213 Å². The van der Waals surface area contributed by atoms with Gasteiger partial charge < -0.3 is 18.1 Å². The van der Waals surface area contributed by atoms with E-state index in [4.69, 9.17) is 11.7 Å². The molecule has 0 N–H and O–H groups in total. The molecule has 118 heavy (non-hydrogen) atoms. The maximum atomic E-state index is 9.15. The third-order valence-corrected chi connectivity index (χ3v) is 23.0. The maximum absolute atomic E-state index is 9.15. The van der Waals surface area contributed by atoms with E-state index < -0.39 is 0 Å². The third kappa shape index (κ3) is 15.9. The van der Waals surface area contributed by atoms with Crippen LogP contribution in [-0.4, -0.2) is 18.1 Å². The molecule has 0 unspecified atom stereocenters. The second-order valence-electron chi connectivity index (χ2n) is 38.4. The summed E-state index contributed by atoms with van der Waals surface area (Å²) in [6.07, 6.45) is 5.52. The van der Waals surface area contributed by atoms with Crippen LogP contribution in [0.5, 0.6) is 0 Å². The van der Waals surface area contributed by atoms with Crippen LogP contribution in [0.1, 0.15) is 208 Å². The van der Waals surface area contributed by atoms with Gasteiger partial charge in [-0.1, -0.05) is 289 Å². The Morgan fingerprint density at radius 3 is 0.805 bits per heavy atom. The number of rotatable bonds is 0. The van der Waals surface area contributed by atoms with Gasteiger partial charge in [0.1, 0.15) is 0 Å². The molecule has 0 amide bonds. The third-order valence-electron chi connectivity index (χ3n) is 23.0.